The molecule has 6 heteroatoms. The summed E-state index contributed by atoms with van der Waals surface area (Å²) in [5, 5.41) is 13.2. The van der Waals surface area contributed by atoms with Crippen LogP contribution in [0.3, 0.4) is 0 Å². The SMILES string of the molecule is CCCn1ncnc1CC(C)(CN)C(=O)O. The molecular formula is C10H18N4O2. The lowest BCUT2D eigenvalue weighted by molar-refractivity contribution is -0.147. The number of nitrogens with zero attached hydrogens (tertiary/aromatic N) is 3. The van der Waals surface area contributed by atoms with E-state index in [1.165, 1.54) is 6.33 Å². The summed E-state index contributed by atoms with van der Waals surface area (Å²) in [6.07, 6.45) is 2.69. The van der Waals surface area contributed by atoms with Gasteiger partial charge in [0.25, 0.3) is 0 Å². The fourth-order valence-electron chi connectivity index (χ4n) is 1.41. The largest absolute Gasteiger partial charge is 0.481 e. The van der Waals surface area contributed by atoms with Crippen LogP contribution >= 0.6 is 0 Å². The van der Waals surface area contributed by atoms with Crippen molar-refractivity contribution in [2.45, 2.75) is 33.2 Å². The van der Waals surface area contributed by atoms with Crippen LogP contribution in [0.15, 0.2) is 6.33 Å². The minimum atomic E-state index is -0.974. The highest BCUT2D eigenvalue weighted by Crippen LogP contribution is 2.20. The van der Waals surface area contributed by atoms with Crippen molar-refractivity contribution in [3.8, 4) is 0 Å². The molecule has 1 unspecified atom stereocenters. The van der Waals surface area contributed by atoms with Gasteiger partial charge in [-0.3, -0.25) is 9.48 Å². The normalized spacial score (nSPS) is 14.7. The summed E-state index contributed by atoms with van der Waals surface area (Å²) >= 11 is 0. The van der Waals surface area contributed by atoms with Crippen LogP contribution in [0.25, 0.3) is 0 Å². The average molecular weight is 226 g/mol. The Morgan fingerprint density at radius 3 is 2.88 bits per heavy atom. The lowest BCUT2D eigenvalue weighted by atomic mass is 9.87. The van der Waals surface area contributed by atoms with Gasteiger partial charge >= 0.3 is 5.97 Å². The highest BCUT2D eigenvalue weighted by Gasteiger charge is 2.33. The molecule has 1 aromatic heterocycles. The third-order valence-corrected chi connectivity index (χ3v) is 2.65. The molecule has 90 valence electrons. The number of hydrogen-bond donors (Lipinski definition) is 2. The Balaban J connectivity index is 2.85. The summed E-state index contributed by atoms with van der Waals surface area (Å²) in [6, 6.07) is 0. The Morgan fingerprint density at radius 1 is 1.69 bits per heavy atom. The van der Waals surface area contributed by atoms with E-state index in [0.29, 0.717) is 12.2 Å². The summed E-state index contributed by atoms with van der Waals surface area (Å²) < 4.78 is 1.73. The zero-order chi connectivity index (χ0) is 12.2. The van der Waals surface area contributed by atoms with E-state index in [0.717, 1.165) is 13.0 Å². The van der Waals surface area contributed by atoms with Crippen LogP contribution in [0.2, 0.25) is 0 Å². The first-order valence-corrected chi connectivity index (χ1v) is 5.33. The summed E-state index contributed by atoms with van der Waals surface area (Å²) in [7, 11) is 0. The topological polar surface area (TPSA) is 94.0 Å². The molecule has 0 amide bonds. The van der Waals surface area contributed by atoms with Crippen molar-refractivity contribution in [2.75, 3.05) is 6.54 Å². The van der Waals surface area contributed by atoms with Crippen molar-refractivity contribution in [1.29, 1.82) is 0 Å². The number of nitrogens with two attached hydrogens (primary N) is 1. The second-order valence-corrected chi connectivity index (χ2v) is 4.15. The molecule has 16 heavy (non-hydrogen) atoms. The maximum Gasteiger partial charge on any atom is 0.311 e. The van der Waals surface area contributed by atoms with E-state index in [2.05, 4.69) is 10.1 Å². The smallest absolute Gasteiger partial charge is 0.311 e. The fraction of sp³-hybridized carbons (Fsp3) is 0.700. The molecular weight excluding hydrogens is 208 g/mol. The van der Waals surface area contributed by atoms with Crippen LogP contribution in [-0.2, 0) is 17.8 Å². The molecule has 0 aliphatic heterocycles. The molecule has 0 spiro atoms. The van der Waals surface area contributed by atoms with Gasteiger partial charge in [-0.05, 0) is 13.3 Å². The molecule has 0 saturated heterocycles. The Labute approximate surface area is 94.5 Å². The molecule has 0 aliphatic carbocycles. The minimum Gasteiger partial charge on any atom is -0.481 e. The lowest BCUT2D eigenvalue weighted by Gasteiger charge is -2.22. The molecule has 1 aromatic rings. The zero-order valence-corrected chi connectivity index (χ0v) is 9.68. The summed E-state index contributed by atoms with van der Waals surface area (Å²) in [5.74, 6) is -0.224. The van der Waals surface area contributed by atoms with Crippen molar-refractivity contribution in [3.63, 3.8) is 0 Å². The molecule has 1 rings (SSSR count). The van der Waals surface area contributed by atoms with Gasteiger partial charge in [0, 0.05) is 19.5 Å². The standard InChI is InChI=1S/C10H18N4O2/c1-3-4-14-8(12-7-13-14)5-10(2,6-11)9(15)16/h7H,3-6,11H2,1-2H3,(H,15,16). The van der Waals surface area contributed by atoms with Gasteiger partial charge in [-0.25, -0.2) is 4.98 Å². The number of aromatic nitrogens is 3. The molecule has 0 saturated carbocycles. The van der Waals surface area contributed by atoms with E-state index >= 15 is 0 Å². The van der Waals surface area contributed by atoms with Crippen LogP contribution in [0, 0.1) is 5.41 Å². The van der Waals surface area contributed by atoms with Crippen LogP contribution in [0.5, 0.6) is 0 Å². The lowest BCUT2D eigenvalue weighted by Crippen LogP contribution is -2.38. The van der Waals surface area contributed by atoms with Crippen LogP contribution in [0.1, 0.15) is 26.1 Å². The van der Waals surface area contributed by atoms with Gasteiger partial charge in [-0.15, -0.1) is 0 Å². The summed E-state index contributed by atoms with van der Waals surface area (Å²) in [5.41, 5.74) is 4.54. The molecule has 0 aromatic carbocycles. The van der Waals surface area contributed by atoms with Gasteiger partial charge in [-0.2, -0.15) is 5.10 Å². The minimum absolute atomic E-state index is 0.0846. The first kappa shape index (κ1) is 12.6. The van der Waals surface area contributed by atoms with Crippen molar-refractivity contribution in [3.05, 3.63) is 12.2 Å². The zero-order valence-electron chi connectivity index (χ0n) is 9.68. The van der Waals surface area contributed by atoms with Gasteiger partial charge in [0.15, 0.2) is 0 Å². The maximum atomic E-state index is 11.1. The second-order valence-electron chi connectivity index (χ2n) is 4.15. The average Bonchev–Trinajstić information content (AvgIpc) is 2.66. The Kier molecular flexibility index (Phi) is 4.00. The number of carbonyl (C=O) groups is 1. The molecule has 0 aliphatic rings. The van der Waals surface area contributed by atoms with E-state index in [9.17, 15) is 4.79 Å². The first-order chi connectivity index (χ1) is 7.53. The summed E-state index contributed by atoms with van der Waals surface area (Å²) in [6.45, 7) is 4.49. The molecule has 0 fully saturated rings. The van der Waals surface area contributed by atoms with Gasteiger partial charge in [0.1, 0.15) is 12.2 Å². The van der Waals surface area contributed by atoms with E-state index < -0.39 is 11.4 Å². The van der Waals surface area contributed by atoms with Gasteiger partial charge in [-0.1, -0.05) is 6.92 Å². The molecule has 3 N–H and O–H groups in total. The monoisotopic (exact) mass is 226 g/mol. The molecule has 1 atom stereocenters. The van der Waals surface area contributed by atoms with Gasteiger partial charge in [0.2, 0.25) is 0 Å². The van der Waals surface area contributed by atoms with Crippen molar-refractivity contribution in [1.82, 2.24) is 14.8 Å². The quantitative estimate of drug-likeness (QED) is 0.726. The predicted octanol–water partition coefficient (Wildman–Crippen LogP) is 0.280. The molecule has 0 bridgehead atoms. The van der Waals surface area contributed by atoms with Gasteiger partial charge < -0.3 is 10.8 Å². The number of rotatable bonds is 6. The number of hydrogen-bond acceptors (Lipinski definition) is 4. The van der Waals surface area contributed by atoms with E-state index in [1.807, 2.05) is 6.92 Å². The van der Waals surface area contributed by atoms with Crippen molar-refractivity contribution < 1.29 is 9.90 Å². The van der Waals surface area contributed by atoms with E-state index in [1.54, 1.807) is 11.6 Å². The number of carboxylic acid groups (broad SMARTS) is 1. The number of aliphatic carboxylic acids is 1. The predicted molar refractivity (Wildman–Crippen MR) is 58.8 cm³/mol. The van der Waals surface area contributed by atoms with Gasteiger partial charge in [0.05, 0.1) is 5.41 Å². The first-order valence-electron chi connectivity index (χ1n) is 5.33. The van der Waals surface area contributed by atoms with Crippen LogP contribution < -0.4 is 5.73 Å². The maximum absolute atomic E-state index is 11.1. The van der Waals surface area contributed by atoms with E-state index in [4.69, 9.17) is 10.8 Å². The highest BCUT2D eigenvalue weighted by atomic mass is 16.4. The third-order valence-electron chi connectivity index (χ3n) is 2.65. The summed E-state index contributed by atoms with van der Waals surface area (Å²) in [4.78, 5) is 15.2. The fourth-order valence-corrected chi connectivity index (χ4v) is 1.41. The third kappa shape index (κ3) is 2.57. The highest BCUT2D eigenvalue weighted by molar-refractivity contribution is 5.74. The van der Waals surface area contributed by atoms with Crippen LogP contribution in [-0.4, -0.2) is 32.4 Å². The molecule has 1 heterocycles. The Bertz CT molecular complexity index is 363. The van der Waals surface area contributed by atoms with Crippen molar-refractivity contribution in [2.24, 2.45) is 11.1 Å². The number of carboxylic acids is 1. The molecule has 6 nitrogen and oxygen atoms in total. The Hall–Kier alpha value is -1.43. The van der Waals surface area contributed by atoms with Crippen LogP contribution in [0.4, 0.5) is 0 Å². The van der Waals surface area contributed by atoms with E-state index in [-0.39, 0.29) is 6.54 Å². The number of aryl methyl sites for hydroxylation is 1. The molecule has 0 radical (unpaired) electrons. The second kappa shape index (κ2) is 5.07. The van der Waals surface area contributed by atoms with Crippen molar-refractivity contribution >= 4 is 5.97 Å². The Morgan fingerprint density at radius 2 is 2.38 bits per heavy atom.